The van der Waals surface area contributed by atoms with Gasteiger partial charge in [-0.1, -0.05) is 30.3 Å². The second kappa shape index (κ2) is 12.3. The lowest BCUT2D eigenvalue weighted by Crippen LogP contribution is -2.49. The van der Waals surface area contributed by atoms with E-state index in [0.717, 1.165) is 18.7 Å². The van der Waals surface area contributed by atoms with Crippen molar-refractivity contribution in [2.45, 2.75) is 13.8 Å². The number of piperazine rings is 1. The smallest absolute Gasteiger partial charge is 0.336 e. The first kappa shape index (κ1) is 28.6. The van der Waals surface area contributed by atoms with Crippen LogP contribution in [0.4, 0.5) is 11.4 Å². The SMILES string of the molecule is CC(=O)N1CCN(CCNC(=O)c2ccc(NC(=C3C(=O)Nc4cc(C(=O)O)c(C)cc43)c3ccccc3)cc2)CC1. The lowest BCUT2D eigenvalue weighted by Gasteiger charge is -2.34. The van der Waals surface area contributed by atoms with Gasteiger partial charge in [-0.15, -0.1) is 0 Å². The van der Waals surface area contributed by atoms with Gasteiger partial charge in [0.05, 0.1) is 22.5 Å². The third-order valence-electron chi connectivity index (χ3n) is 7.60. The van der Waals surface area contributed by atoms with Crippen LogP contribution in [0.2, 0.25) is 0 Å². The summed E-state index contributed by atoms with van der Waals surface area (Å²) in [4.78, 5) is 53.2. The van der Waals surface area contributed by atoms with Crippen LogP contribution in [-0.2, 0) is 9.59 Å². The molecule has 0 unspecified atom stereocenters. The number of carbonyl (C=O) groups excluding carboxylic acids is 3. The maximum Gasteiger partial charge on any atom is 0.336 e. The number of hydrogen-bond donors (Lipinski definition) is 4. The van der Waals surface area contributed by atoms with Crippen LogP contribution in [0, 0.1) is 6.92 Å². The number of nitrogens with zero attached hydrogens (tertiary/aromatic N) is 2. The molecule has 0 radical (unpaired) electrons. The standard InChI is InChI=1S/C32H33N5O5/c1-20-18-26-27(19-25(20)32(41)42)35-31(40)28(26)29(22-6-4-3-5-7-22)34-24-10-8-23(9-11-24)30(39)33-12-13-36-14-16-37(17-15-36)21(2)38/h3-11,18-19,34H,12-17H2,1-2H3,(H,33,39)(H,35,40)(H,41,42). The van der Waals surface area contributed by atoms with Crippen LogP contribution < -0.4 is 16.0 Å². The number of benzene rings is 3. The molecule has 0 saturated carbocycles. The zero-order valence-corrected chi connectivity index (χ0v) is 23.6. The van der Waals surface area contributed by atoms with Crippen molar-refractivity contribution in [3.05, 3.63) is 94.5 Å². The minimum atomic E-state index is -1.06. The monoisotopic (exact) mass is 567 g/mol. The summed E-state index contributed by atoms with van der Waals surface area (Å²) in [5, 5.41) is 18.7. The predicted octanol–water partition coefficient (Wildman–Crippen LogP) is 3.52. The molecule has 0 atom stereocenters. The van der Waals surface area contributed by atoms with Gasteiger partial charge in [0.2, 0.25) is 5.91 Å². The molecule has 0 aliphatic carbocycles. The molecule has 0 spiro atoms. The molecule has 5 rings (SSSR count). The molecular weight excluding hydrogens is 534 g/mol. The number of anilines is 2. The molecule has 2 aliphatic heterocycles. The molecule has 0 aromatic heterocycles. The average Bonchev–Trinajstić information content (AvgIpc) is 3.30. The normalized spacial score (nSPS) is 16.0. The van der Waals surface area contributed by atoms with E-state index in [4.69, 9.17) is 0 Å². The van der Waals surface area contributed by atoms with Crippen LogP contribution in [-0.4, -0.2) is 77.9 Å². The van der Waals surface area contributed by atoms with Crippen molar-refractivity contribution in [2.24, 2.45) is 0 Å². The number of carbonyl (C=O) groups is 4. The maximum absolute atomic E-state index is 13.2. The van der Waals surface area contributed by atoms with Gasteiger partial charge in [-0.3, -0.25) is 19.3 Å². The van der Waals surface area contributed by atoms with Crippen LogP contribution in [0.15, 0.2) is 66.7 Å². The lowest BCUT2D eigenvalue weighted by molar-refractivity contribution is -0.130. The van der Waals surface area contributed by atoms with Crippen LogP contribution in [0.3, 0.4) is 0 Å². The van der Waals surface area contributed by atoms with Gasteiger partial charge < -0.3 is 26.0 Å². The Balaban J connectivity index is 1.31. The number of aryl methyl sites for hydroxylation is 1. The number of carboxylic acids is 1. The largest absolute Gasteiger partial charge is 0.478 e. The van der Waals surface area contributed by atoms with Gasteiger partial charge in [-0.25, -0.2) is 4.79 Å². The van der Waals surface area contributed by atoms with Crippen LogP contribution >= 0.6 is 0 Å². The van der Waals surface area contributed by atoms with Crippen molar-refractivity contribution in [3.63, 3.8) is 0 Å². The molecule has 2 aliphatic rings. The fourth-order valence-electron chi connectivity index (χ4n) is 5.25. The van der Waals surface area contributed by atoms with Gasteiger partial charge in [0, 0.05) is 63.0 Å². The first-order valence-electron chi connectivity index (χ1n) is 13.8. The third-order valence-corrected chi connectivity index (χ3v) is 7.60. The van der Waals surface area contributed by atoms with Gasteiger partial charge in [-0.05, 0) is 54.4 Å². The molecule has 10 heteroatoms. The highest BCUT2D eigenvalue weighted by molar-refractivity contribution is 6.37. The molecule has 4 N–H and O–H groups in total. The first-order valence-corrected chi connectivity index (χ1v) is 13.8. The van der Waals surface area contributed by atoms with Gasteiger partial charge in [0.25, 0.3) is 11.8 Å². The first-order chi connectivity index (χ1) is 20.2. The van der Waals surface area contributed by atoms with E-state index in [1.807, 2.05) is 35.2 Å². The second-order valence-corrected chi connectivity index (χ2v) is 10.4. The van der Waals surface area contributed by atoms with E-state index in [9.17, 15) is 24.3 Å². The van der Waals surface area contributed by atoms with Crippen LogP contribution in [0.25, 0.3) is 11.3 Å². The zero-order valence-electron chi connectivity index (χ0n) is 23.6. The Morgan fingerprint density at radius 1 is 0.929 bits per heavy atom. The molecule has 0 bridgehead atoms. The molecule has 10 nitrogen and oxygen atoms in total. The van der Waals surface area contributed by atoms with Crippen molar-refractivity contribution >= 4 is 46.3 Å². The average molecular weight is 568 g/mol. The molecule has 2 heterocycles. The Bertz CT molecular complexity index is 1560. The quantitative estimate of drug-likeness (QED) is 0.307. The Labute approximate surface area is 244 Å². The van der Waals surface area contributed by atoms with Gasteiger partial charge in [-0.2, -0.15) is 0 Å². The Morgan fingerprint density at radius 2 is 1.62 bits per heavy atom. The van der Waals surface area contributed by atoms with E-state index in [1.54, 1.807) is 44.2 Å². The third kappa shape index (κ3) is 6.18. The summed E-state index contributed by atoms with van der Waals surface area (Å²) in [5.74, 6) is -1.48. The Hall–Kier alpha value is -4.96. The fraction of sp³-hybridized carbons (Fsp3) is 0.250. The van der Waals surface area contributed by atoms with Gasteiger partial charge in [0.1, 0.15) is 0 Å². The summed E-state index contributed by atoms with van der Waals surface area (Å²) in [5.41, 5.74) is 4.69. The van der Waals surface area contributed by atoms with E-state index in [1.165, 1.54) is 6.07 Å². The van der Waals surface area contributed by atoms with E-state index >= 15 is 0 Å². The number of amides is 3. The summed E-state index contributed by atoms with van der Waals surface area (Å²) >= 11 is 0. The summed E-state index contributed by atoms with van der Waals surface area (Å²) in [6.45, 7) is 7.49. The van der Waals surface area contributed by atoms with Crippen molar-refractivity contribution in [1.82, 2.24) is 15.1 Å². The topological polar surface area (TPSA) is 131 Å². The second-order valence-electron chi connectivity index (χ2n) is 10.4. The van der Waals surface area contributed by atoms with E-state index in [2.05, 4.69) is 20.9 Å². The molecule has 1 fully saturated rings. The molecule has 42 heavy (non-hydrogen) atoms. The van der Waals surface area contributed by atoms with Crippen LogP contribution in [0.1, 0.15) is 44.3 Å². The van der Waals surface area contributed by atoms with Crippen LogP contribution in [0.5, 0.6) is 0 Å². The molecule has 3 aromatic rings. The minimum absolute atomic E-state index is 0.0914. The summed E-state index contributed by atoms with van der Waals surface area (Å²) < 4.78 is 0. The van der Waals surface area contributed by atoms with Gasteiger partial charge in [0.15, 0.2) is 0 Å². The minimum Gasteiger partial charge on any atom is -0.478 e. The summed E-state index contributed by atoms with van der Waals surface area (Å²) in [6.07, 6.45) is 0. The highest BCUT2D eigenvalue weighted by atomic mass is 16.4. The molecule has 3 aromatic carbocycles. The van der Waals surface area contributed by atoms with Crippen molar-refractivity contribution in [2.75, 3.05) is 49.9 Å². The number of hydrogen-bond acceptors (Lipinski definition) is 6. The Kier molecular flexibility index (Phi) is 8.35. The highest BCUT2D eigenvalue weighted by Gasteiger charge is 2.30. The van der Waals surface area contributed by atoms with E-state index < -0.39 is 5.97 Å². The number of carboxylic acid groups (broad SMARTS) is 1. The number of rotatable bonds is 8. The lowest BCUT2D eigenvalue weighted by atomic mass is 9.96. The number of nitrogens with one attached hydrogen (secondary N) is 3. The predicted molar refractivity (Wildman–Crippen MR) is 161 cm³/mol. The zero-order chi connectivity index (χ0) is 29.8. The highest BCUT2D eigenvalue weighted by Crippen LogP contribution is 2.39. The molecular formula is C32H33N5O5. The van der Waals surface area contributed by atoms with Crippen molar-refractivity contribution < 1.29 is 24.3 Å². The van der Waals surface area contributed by atoms with E-state index in [0.29, 0.717) is 65.5 Å². The Morgan fingerprint density at radius 3 is 2.26 bits per heavy atom. The number of fused-ring (bicyclic) bond motifs is 1. The molecule has 3 amide bonds. The number of aromatic carboxylic acids is 1. The fourth-order valence-corrected chi connectivity index (χ4v) is 5.25. The maximum atomic E-state index is 13.2. The molecule has 216 valence electrons. The molecule has 1 saturated heterocycles. The summed E-state index contributed by atoms with van der Waals surface area (Å²) in [6, 6.07) is 19.6. The van der Waals surface area contributed by atoms with Crippen molar-refractivity contribution in [1.29, 1.82) is 0 Å². The van der Waals surface area contributed by atoms with Crippen molar-refractivity contribution in [3.8, 4) is 0 Å². The van der Waals surface area contributed by atoms with E-state index in [-0.39, 0.29) is 23.3 Å². The van der Waals surface area contributed by atoms with Gasteiger partial charge >= 0.3 is 5.97 Å². The summed E-state index contributed by atoms with van der Waals surface area (Å²) in [7, 11) is 0.